The van der Waals surface area contributed by atoms with E-state index in [1.165, 1.54) is 24.3 Å². The standard InChI is InChI=1S/C29H20BrN3O3/c1-19-11-13-22(14-12-19)29-31-26(20-7-3-2-4-8-20)27(32(29)25-10-6-5-9-24(25)30)28(34)21-15-17-23(18-16-21)33(35)36/h2-18H,1H3. The molecule has 0 aliphatic rings. The van der Waals surface area contributed by atoms with Crippen LogP contribution in [0.5, 0.6) is 0 Å². The second kappa shape index (κ2) is 9.71. The maximum absolute atomic E-state index is 14.1. The first-order valence-corrected chi connectivity index (χ1v) is 12.0. The van der Waals surface area contributed by atoms with Gasteiger partial charge in [0.2, 0.25) is 5.78 Å². The minimum atomic E-state index is -0.482. The van der Waals surface area contributed by atoms with Gasteiger partial charge in [-0.2, -0.15) is 0 Å². The number of nitrogens with zero attached hydrogens (tertiary/aromatic N) is 3. The summed E-state index contributed by atoms with van der Waals surface area (Å²) in [4.78, 5) is 29.8. The van der Waals surface area contributed by atoms with Crippen LogP contribution in [0.25, 0.3) is 28.3 Å². The van der Waals surface area contributed by atoms with Crippen LogP contribution in [0, 0.1) is 17.0 Å². The van der Waals surface area contributed by atoms with E-state index in [0.29, 0.717) is 22.8 Å². The van der Waals surface area contributed by atoms with E-state index in [0.717, 1.165) is 26.9 Å². The predicted molar refractivity (Wildman–Crippen MR) is 143 cm³/mol. The summed E-state index contributed by atoms with van der Waals surface area (Å²) in [5.74, 6) is 0.330. The lowest BCUT2D eigenvalue weighted by atomic mass is 10.0. The third-order valence-corrected chi connectivity index (χ3v) is 6.55. The summed E-state index contributed by atoms with van der Waals surface area (Å²) in [6.07, 6.45) is 0. The van der Waals surface area contributed by atoms with Gasteiger partial charge in [0.25, 0.3) is 5.69 Å². The number of aryl methyl sites for hydroxylation is 1. The van der Waals surface area contributed by atoms with E-state index >= 15 is 0 Å². The van der Waals surface area contributed by atoms with Crippen molar-refractivity contribution in [2.75, 3.05) is 0 Å². The summed E-state index contributed by atoms with van der Waals surface area (Å²) in [7, 11) is 0. The van der Waals surface area contributed by atoms with Gasteiger partial charge in [-0.3, -0.25) is 19.5 Å². The molecule has 176 valence electrons. The van der Waals surface area contributed by atoms with Crippen LogP contribution < -0.4 is 0 Å². The van der Waals surface area contributed by atoms with Gasteiger partial charge in [-0.05, 0) is 47.1 Å². The van der Waals surface area contributed by atoms with Gasteiger partial charge in [-0.1, -0.05) is 72.3 Å². The molecule has 0 spiro atoms. The lowest BCUT2D eigenvalue weighted by Crippen LogP contribution is -2.12. The van der Waals surface area contributed by atoms with Gasteiger partial charge >= 0.3 is 0 Å². The molecular weight excluding hydrogens is 518 g/mol. The van der Waals surface area contributed by atoms with Crippen molar-refractivity contribution in [2.24, 2.45) is 0 Å². The molecule has 0 N–H and O–H groups in total. The molecule has 6 nitrogen and oxygen atoms in total. The summed E-state index contributed by atoms with van der Waals surface area (Å²) in [6, 6.07) is 30.8. The summed E-state index contributed by atoms with van der Waals surface area (Å²) in [6.45, 7) is 2.02. The zero-order valence-electron chi connectivity index (χ0n) is 19.3. The molecule has 0 amide bonds. The van der Waals surface area contributed by atoms with Crippen LogP contribution in [0.2, 0.25) is 0 Å². The van der Waals surface area contributed by atoms with Crippen molar-refractivity contribution >= 4 is 27.4 Å². The van der Waals surface area contributed by atoms with E-state index in [2.05, 4.69) is 15.9 Å². The van der Waals surface area contributed by atoms with Crippen LogP contribution in [0.15, 0.2) is 108 Å². The molecule has 1 heterocycles. The Kier molecular flexibility index (Phi) is 6.31. The summed E-state index contributed by atoms with van der Waals surface area (Å²) in [5.41, 5.74) is 4.69. The first-order chi connectivity index (χ1) is 17.4. The highest BCUT2D eigenvalue weighted by Gasteiger charge is 2.28. The summed E-state index contributed by atoms with van der Waals surface area (Å²) in [5, 5.41) is 11.2. The third kappa shape index (κ3) is 4.36. The number of carbonyl (C=O) groups is 1. The number of nitro groups is 1. The van der Waals surface area contributed by atoms with E-state index in [1.807, 2.05) is 90.4 Å². The molecule has 0 saturated heterocycles. The first-order valence-electron chi connectivity index (χ1n) is 11.2. The molecule has 5 rings (SSSR count). The SMILES string of the molecule is Cc1ccc(-c2nc(-c3ccccc3)c(C(=O)c3ccc([N+](=O)[O-])cc3)n2-c2ccccc2Br)cc1. The fourth-order valence-electron chi connectivity index (χ4n) is 4.06. The zero-order chi connectivity index (χ0) is 25.2. The van der Waals surface area contributed by atoms with Crippen molar-refractivity contribution < 1.29 is 9.72 Å². The highest BCUT2D eigenvalue weighted by Crippen LogP contribution is 2.36. The quantitative estimate of drug-likeness (QED) is 0.128. The van der Waals surface area contributed by atoms with Gasteiger partial charge in [-0.15, -0.1) is 0 Å². The van der Waals surface area contributed by atoms with E-state index < -0.39 is 4.92 Å². The number of aromatic nitrogens is 2. The number of para-hydroxylation sites is 1. The number of rotatable bonds is 6. The average Bonchev–Trinajstić information content (AvgIpc) is 3.30. The van der Waals surface area contributed by atoms with Crippen LogP contribution in [-0.4, -0.2) is 20.3 Å². The maximum Gasteiger partial charge on any atom is 0.269 e. The minimum absolute atomic E-state index is 0.0745. The lowest BCUT2D eigenvalue weighted by molar-refractivity contribution is -0.384. The molecule has 36 heavy (non-hydrogen) atoms. The second-order valence-corrected chi connectivity index (χ2v) is 9.14. The Morgan fingerprint density at radius 1 is 0.833 bits per heavy atom. The van der Waals surface area contributed by atoms with Gasteiger partial charge in [0, 0.05) is 33.3 Å². The molecule has 0 aliphatic heterocycles. The lowest BCUT2D eigenvalue weighted by Gasteiger charge is -2.14. The van der Waals surface area contributed by atoms with Gasteiger partial charge in [-0.25, -0.2) is 4.98 Å². The molecule has 0 radical (unpaired) electrons. The molecule has 7 heteroatoms. The highest BCUT2D eigenvalue weighted by atomic mass is 79.9. The topological polar surface area (TPSA) is 78.0 Å². The van der Waals surface area contributed by atoms with Crippen molar-refractivity contribution in [3.8, 4) is 28.3 Å². The molecule has 0 saturated carbocycles. The molecule has 0 unspecified atom stereocenters. The first kappa shape index (κ1) is 23.4. The summed E-state index contributed by atoms with van der Waals surface area (Å²) >= 11 is 3.65. The Hall–Kier alpha value is -4.36. The number of nitro benzene ring substituents is 1. The largest absolute Gasteiger partial charge is 0.288 e. The zero-order valence-corrected chi connectivity index (χ0v) is 20.8. The van der Waals surface area contributed by atoms with Crippen molar-refractivity contribution in [1.29, 1.82) is 0 Å². The van der Waals surface area contributed by atoms with E-state index in [9.17, 15) is 14.9 Å². The van der Waals surface area contributed by atoms with Crippen LogP contribution in [0.4, 0.5) is 5.69 Å². The normalized spacial score (nSPS) is 10.8. The fourth-order valence-corrected chi connectivity index (χ4v) is 4.52. The number of hydrogen-bond donors (Lipinski definition) is 0. The van der Waals surface area contributed by atoms with Gasteiger partial charge < -0.3 is 0 Å². The van der Waals surface area contributed by atoms with Gasteiger partial charge in [0.15, 0.2) is 0 Å². The Labute approximate surface area is 216 Å². The Morgan fingerprint density at radius 2 is 1.47 bits per heavy atom. The molecule has 5 aromatic rings. The molecule has 0 aliphatic carbocycles. The van der Waals surface area contributed by atoms with Crippen molar-refractivity contribution in [1.82, 2.24) is 9.55 Å². The van der Waals surface area contributed by atoms with Crippen LogP contribution in [0.3, 0.4) is 0 Å². The Balaban J connectivity index is 1.83. The predicted octanol–water partition coefficient (Wildman–Crippen LogP) is 7.42. The molecule has 0 atom stereocenters. The van der Waals surface area contributed by atoms with Crippen LogP contribution >= 0.6 is 15.9 Å². The number of hydrogen-bond acceptors (Lipinski definition) is 4. The van der Waals surface area contributed by atoms with E-state index in [-0.39, 0.29) is 11.5 Å². The number of imidazole rings is 1. The Morgan fingerprint density at radius 3 is 2.11 bits per heavy atom. The number of benzene rings is 4. The van der Waals surface area contributed by atoms with Crippen LogP contribution in [0.1, 0.15) is 21.6 Å². The van der Waals surface area contributed by atoms with Crippen molar-refractivity contribution in [3.05, 3.63) is 135 Å². The minimum Gasteiger partial charge on any atom is -0.288 e. The van der Waals surface area contributed by atoms with Crippen LogP contribution in [-0.2, 0) is 0 Å². The fraction of sp³-hybridized carbons (Fsp3) is 0.0345. The van der Waals surface area contributed by atoms with E-state index in [4.69, 9.17) is 4.98 Å². The molecule has 0 fully saturated rings. The molecule has 4 aromatic carbocycles. The van der Waals surface area contributed by atoms with E-state index in [1.54, 1.807) is 0 Å². The van der Waals surface area contributed by atoms with Crippen molar-refractivity contribution in [3.63, 3.8) is 0 Å². The number of carbonyl (C=O) groups excluding carboxylic acids is 1. The molecule has 1 aromatic heterocycles. The van der Waals surface area contributed by atoms with Gasteiger partial charge in [0.05, 0.1) is 10.6 Å². The smallest absolute Gasteiger partial charge is 0.269 e. The number of non-ortho nitro benzene ring substituents is 1. The molecule has 0 bridgehead atoms. The maximum atomic E-state index is 14.1. The Bertz CT molecular complexity index is 1580. The van der Waals surface area contributed by atoms with Crippen molar-refractivity contribution in [2.45, 2.75) is 6.92 Å². The average molecular weight is 538 g/mol. The molecular formula is C29H20BrN3O3. The summed E-state index contributed by atoms with van der Waals surface area (Å²) < 4.78 is 2.66. The van der Waals surface area contributed by atoms with Gasteiger partial charge in [0.1, 0.15) is 17.2 Å². The monoisotopic (exact) mass is 537 g/mol. The second-order valence-electron chi connectivity index (χ2n) is 8.28. The third-order valence-electron chi connectivity index (χ3n) is 5.88. The highest BCUT2D eigenvalue weighted by molar-refractivity contribution is 9.10. The number of halogens is 1. The number of ketones is 1.